The molecule has 0 spiro atoms. The number of carbonyl (C=O) groups excluding carboxylic acids is 2. The van der Waals surface area contributed by atoms with Crippen molar-refractivity contribution < 1.29 is 23.8 Å². The van der Waals surface area contributed by atoms with Gasteiger partial charge < -0.3 is 24.4 Å². The Hall–Kier alpha value is -2.28. The van der Waals surface area contributed by atoms with Crippen LogP contribution in [0.5, 0.6) is 11.5 Å². The standard InChI is InChI=1S/C18H22N2O5/c21-17-7-13(18(22)19-9-12-3-4-23-11-12)10-20(17)14-1-2-15-16(8-14)25-6-5-24-15/h1-2,8,12-13H,3-7,9-11H2,(H,19,22)/t12-,13+/m1/s1. The van der Waals surface area contributed by atoms with Crippen LogP contribution in [0, 0.1) is 11.8 Å². The van der Waals surface area contributed by atoms with Crippen molar-refractivity contribution in [3.05, 3.63) is 18.2 Å². The normalized spacial score (nSPS) is 25.3. The molecule has 7 nitrogen and oxygen atoms in total. The molecule has 0 bridgehead atoms. The third-order valence-corrected chi connectivity index (χ3v) is 4.92. The number of anilines is 1. The summed E-state index contributed by atoms with van der Waals surface area (Å²) in [6.45, 7) is 3.51. The number of benzene rings is 1. The molecule has 0 unspecified atom stereocenters. The largest absolute Gasteiger partial charge is 0.486 e. The Balaban J connectivity index is 1.39. The van der Waals surface area contributed by atoms with Crippen molar-refractivity contribution in [3.8, 4) is 11.5 Å². The first kappa shape index (κ1) is 16.2. The summed E-state index contributed by atoms with van der Waals surface area (Å²) in [5.74, 6) is 1.31. The quantitative estimate of drug-likeness (QED) is 0.879. The fourth-order valence-corrected chi connectivity index (χ4v) is 3.47. The zero-order chi connectivity index (χ0) is 17.2. The second kappa shape index (κ2) is 6.92. The van der Waals surface area contributed by atoms with Crippen LogP contribution < -0.4 is 19.7 Å². The summed E-state index contributed by atoms with van der Waals surface area (Å²) in [6, 6.07) is 5.45. The molecule has 2 saturated heterocycles. The van der Waals surface area contributed by atoms with Gasteiger partial charge in [-0.05, 0) is 18.6 Å². The van der Waals surface area contributed by atoms with Crippen molar-refractivity contribution in [2.45, 2.75) is 12.8 Å². The first-order valence-corrected chi connectivity index (χ1v) is 8.76. The van der Waals surface area contributed by atoms with Gasteiger partial charge in [-0.2, -0.15) is 0 Å². The van der Waals surface area contributed by atoms with E-state index in [1.165, 1.54) is 0 Å². The zero-order valence-electron chi connectivity index (χ0n) is 14.0. The predicted molar refractivity (Wildman–Crippen MR) is 89.8 cm³/mol. The van der Waals surface area contributed by atoms with E-state index in [9.17, 15) is 9.59 Å². The highest BCUT2D eigenvalue weighted by Crippen LogP contribution is 2.36. The monoisotopic (exact) mass is 346 g/mol. The minimum Gasteiger partial charge on any atom is -0.486 e. The Morgan fingerprint density at radius 3 is 2.84 bits per heavy atom. The molecule has 25 heavy (non-hydrogen) atoms. The Morgan fingerprint density at radius 1 is 1.20 bits per heavy atom. The van der Waals surface area contributed by atoms with E-state index in [-0.39, 0.29) is 24.2 Å². The first-order valence-electron chi connectivity index (χ1n) is 8.76. The minimum absolute atomic E-state index is 0.0407. The van der Waals surface area contributed by atoms with Crippen LogP contribution in [0.1, 0.15) is 12.8 Å². The Kier molecular flexibility index (Phi) is 4.48. The highest BCUT2D eigenvalue weighted by Gasteiger charge is 2.35. The Morgan fingerprint density at radius 2 is 2.04 bits per heavy atom. The van der Waals surface area contributed by atoms with Gasteiger partial charge in [0.25, 0.3) is 0 Å². The summed E-state index contributed by atoms with van der Waals surface area (Å²) < 4.78 is 16.4. The maximum Gasteiger partial charge on any atom is 0.227 e. The van der Waals surface area contributed by atoms with E-state index >= 15 is 0 Å². The van der Waals surface area contributed by atoms with E-state index in [2.05, 4.69) is 5.32 Å². The van der Waals surface area contributed by atoms with Gasteiger partial charge in [-0.3, -0.25) is 9.59 Å². The van der Waals surface area contributed by atoms with Gasteiger partial charge in [-0.15, -0.1) is 0 Å². The second-order valence-electron chi connectivity index (χ2n) is 6.71. The van der Waals surface area contributed by atoms with Crippen LogP contribution in [0.4, 0.5) is 5.69 Å². The number of rotatable bonds is 4. The third kappa shape index (κ3) is 3.42. The maximum atomic E-state index is 12.4. The molecule has 1 aromatic rings. The molecule has 7 heteroatoms. The zero-order valence-corrected chi connectivity index (χ0v) is 14.0. The van der Waals surface area contributed by atoms with E-state index in [1.807, 2.05) is 18.2 Å². The summed E-state index contributed by atoms with van der Waals surface area (Å²) in [5.41, 5.74) is 0.744. The van der Waals surface area contributed by atoms with Gasteiger partial charge in [0.1, 0.15) is 13.2 Å². The van der Waals surface area contributed by atoms with Crippen LogP contribution in [0.25, 0.3) is 0 Å². The molecule has 0 aliphatic carbocycles. The first-order chi connectivity index (χ1) is 12.2. The van der Waals surface area contributed by atoms with E-state index in [0.29, 0.717) is 50.3 Å². The molecule has 3 aliphatic heterocycles. The number of carbonyl (C=O) groups is 2. The fraction of sp³-hybridized carbons (Fsp3) is 0.556. The van der Waals surface area contributed by atoms with E-state index < -0.39 is 0 Å². The highest BCUT2D eigenvalue weighted by molar-refractivity contribution is 6.00. The number of amides is 2. The van der Waals surface area contributed by atoms with E-state index in [1.54, 1.807) is 4.90 Å². The van der Waals surface area contributed by atoms with Crippen LogP contribution in [0.15, 0.2) is 18.2 Å². The molecule has 1 aromatic carbocycles. The molecule has 2 atom stereocenters. The van der Waals surface area contributed by atoms with Crippen molar-refractivity contribution >= 4 is 17.5 Å². The van der Waals surface area contributed by atoms with Crippen LogP contribution in [-0.4, -0.2) is 51.3 Å². The van der Waals surface area contributed by atoms with Crippen molar-refractivity contribution in [3.63, 3.8) is 0 Å². The number of nitrogens with zero attached hydrogens (tertiary/aromatic N) is 1. The molecule has 134 valence electrons. The molecular weight excluding hydrogens is 324 g/mol. The van der Waals surface area contributed by atoms with Crippen LogP contribution in [0.2, 0.25) is 0 Å². The van der Waals surface area contributed by atoms with Gasteiger partial charge in [0.2, 0.25) is 11.8 Å². The number of ether oxygens (including phenoxy) is 3. The predicted octanol–water partition coefficient (Wildman–Crippen LogP) is 0.963. The number of nitrogens with one attached hydrogen (secondary N) is 1. The summed E-state index contributed by atoms with van der Waals surface area (Å²) >= 11 is 0. The number of hydrogen-bond donors (Lipinski definition) is 1. The maximum absolute atomic E-state index is 12.4. The van der Waals surface area contributed by atoms with Gasteiger partial charge in [0.15, 0.2) is 11.5 Å². The minimum atomic E-state index is -0.317. The molecular formula is C18H22N2O5. The fourth-order valence-electron chi connectivity index (χ4n) is 3.47. The van der Waals surface area contributed by atoms with Crippen molar-refractivity contribution in [2.75, 3.05) is 44.4 Å². The third-order valence-electron chi connectivity index (χ3n) is 4.92. The topological polar surface area (TPSA) is 77.1 Å². The molecule has 2 fully saturated rings. The Labute approximate surface area is 146 Å². The van der Waals surface area contributed by atoms with Crippen LogP contribution in [-0.2, 0) is 14.3 Å². The van der Waals surface area contributed by atoms with Gasteiger partial charge in [-0.25, -0.2) is 0 Å². The van der Waals surface area contributed by atoms with Crippen molar-refractivity contribution in [1.82, 2.24) is 5.32 Å². The van der Waals surface area contributed by atoms with E-state index in [4.69, 9.17) is 14.2 Å². The molecule has 3 heterocycles. The number of hydrogen-bond acceptors (Lipinski definition) is 5. The smallest absolute Gasteiger partial charge is 0.227 e. The average Bonchev–Trinajstić information content (AvgIpc) is 3.29. The molecule has 4 rings (SSSR count). The lowest BCUT2D eigenvalue weighted by molar-refractivity contribution is -0.126. The SMILES string of the molecule is O=C(NC[C@H]1CCOC1)[C@H]1CC(=O)N(c2ccc3c(c2)OCCO3)C1. The molecule has 0 radical (unpaired) electrons. The summed E-state index contributed by atoms with van der Waals surface area (Å²) in [4.78, 5) is 26.4. The highest BCUT2D eigenvalue weighted by atomic mass is 16.6. The molecule has 1 N–H and O–H groups in total. The molecule has 0 aromatic heterocycles. The lowest BCUT2D eigenvalue weighted by Gasteiger charge is -2.22. The molecule has 0 saturated carbocycles. The number of fused-ring (bicyclic) bond motifs is 1. The van der Waals surface area contributed by atoms with Gasteiger partial charge in [0, 0.05) is 43.8 Å². The molecule has 2 amide bonds. The lowest BCUT2D eigenvalue weighted by Crippen LogP contribution is -2.36. The van der Waals surface area contributed by atoms with Crippen LogP contribution >= 0.6 is 0 Å². The lowest BCUT2D eigenvalue weighted by atomic mass is 10.1. The summed E-state index contributed by atoms with van der Waals surface area (Å²) in [5, 5.41) is 2.97. The Bertz CT molecular complexity index is 671. The van der Waals surface area contributed by atoms with Gasteiger partial charge in [-0.1, -0.05) is 0 Å². The second-order valence-corrected chi connectivity index (χ2v) is 6.71. The van der Waals surface area contributed by atoms with Crippen LogP contribution in [0.3, 0.4) is 0 Å². The van der Waals surface area contributed by atoms with Crippen molar-refractivity contribution in [1.29, 1.82) is 0 Å². The summed E-state index contributed by atoms with van der Waals surface area (Å²) in [7, 11) is 0. The van der Waals surface area contributed by atoms with Gasteiger partial charge in [0.05, 0.1) is 12.5 Å². The summed E-state index contributed by atoms with van der Waals surface area (Å²) in [6.07, 6.45) is 1.22. The average molecular weight is 346 g/mol. The molecule has 3 aliphatic rings. The van der Waals surface area contributed by atoms with Gasteiger partial charge >= 0.3 is 0 Å². The van der Waals surface area contributed by atoms with Crippen molar-refractivity contribution in [2.24, 2.45) is 11.8 Å². The van der Waals surface area contributed by atoms with E-state index in [0.717, 1.165) is 18.7 Å².